The first-order valence-corrected chi connectivity index (χ1v) is 15.0. The van der Waals surface area contributed by atoms with E-state index < -0.39 is 58.9 Å². The molecule has 3 aliphatic rings. The van der Waals surface area contributed by atoms with Gasteiger partial charge in [0.05, 0.1) is 23.5 Å². The molecule has 2 atom stereocenters. The smallest absolute Gasteiger partial charge is 0.299 e. The fourth-order valence-corrected chi connectivity index (χ4v) is 6.57. The molecule has 0 unspecified atom stereocenters. The highest BCUT2D eigenvalue weighted by Gasteiger charge is 2.62. The number of aromatic nitrogens is 1. The van der Waals surface area contributed by atoms with E-state index in [2.05, 4.69) is 14.8 Å². The van der Waals surface area contributed by atoms with Crippen LogP contribution in [0.25, 0.3) is 0 Å². The van der Waals surface area contributed by atoms with Crippen LogP contribution in [-0.4, -0.2) is 75.8 Å². The first kappa shape index (κ1) is 30.1. The quantitative estimate of drug-likeness (QED) is 0.301. The van der Waals surface area contributed by atoms with Gasteiger partial charge in [-0.2, -0.15) is 13.1 Å². The van der Waals surface area contributed by atoms with Crippen molar-refractivity contribution in [3.8, 4) is 0 Å². The van der Waals surface area contributed by atoms with Crippen molar-refractivity contribution in [2.75, 3.05) is 59.3 Å². The van der Waals surface area contributed by atoms with Crippen molar-refractivity contribution in [3.63, 3.8) is 0 Å². The molecule has 2 aromatic rings. The number of benzene rings is 1. The lowest BCUT2D eigenvalue weighted by Gasteiger charge is -2.34. The second kappa shape index (κ2) is 11.4. The van der Waals surface area contributed by atoms with Gasteiger partial charge in [0.1, 0.15) is 5.69 Å². The summed E-state index contributed by atoms with van der Waals surface area (Å²) in [6, 6.07) is 7.01. The molecule has 1 aliphatic carbocycles. The number of rotatable bonds is 10. The number of anilines is 3. The number of aliphatic hydroxyl groups is 1. The van der Waals surface area contributed by atoms with Crippen LogP contribution in [0.1, 0.15) is 36.0 Å². The molecule has 1 saturated carbocycles. The van der Waals surface area contributed by atoms with Gasteiger partial charge in [-0.3, -0.25) is 14.3 Å². The van der Waals surface area contributed by atoms with Crippen LogP contribution in [0.2, 0.25) is 0 Å². The fourth-order valence-electron chi connectivity index (χ4n) is 5.70. The summed E-state index contributed by atoms with van der Waals surface area (Å²) < 4.78 is 84.9. The van der Waals surface area contributed by atoms with Gasteiger partial charge in [0.2, 0.25) is 6.43 Å². The molecule has 5 rings (SSSR count). The molecular weight excluding hydrogens is 584 g/mol. The van der Waals surface area contributed by atoms with E-state index in [1.54, 1.807) is 4.90 Å². The van der Waals surface area contributed by atoms with E-state index in [1.807, 2.05) is 0 Å². The van der Waals surface area contributed by atoms with E-state index in [-0.39, 0.29) is 62.0 Å². The third-order valence-corrected chi connectivity index (χ3v) is 9.28. The predicted octanol–water partition coefficient (Wildman–Crippen LogP) is 2.19. The number of halogens is 4. The zero-order chi connectivity index (χ0) is 30.3. The molecule has 11 nitrogen and oxygen atoms in total. The van der Waals surface area contributed by atoms with E-state index in [4.69, 9.17) is 5.11 Å². The van der Waals surface area contributed by atoms with Gasteiger partial charge >= 0.3 is 0 Å². The van der Waals surface area contributed by atoms with Gasteiger partial charge in [-0.25, -0.2) is 22.2 Å². The van der Waals surface area contributed by atoms with Crippen LogP contribution in [0.5, 0.6) is 0 Å². The maximum atomic E-state index is 13.7. The van der Waals surface area contributed by atoms with Crippen molar-refractivity contribution < 1.29 is 35.9 Å². The monoisotopic (exact) mass is 616 g/mol. The van der Waals surface area contributed by atoms with Crippen LogP contribution < -0.4 is 30.2 Å². The highest BCUT2D eigenvalue weighted by Crippen LogP contribution is 2.61. The second-order valence-corrected chi connectivity index (χ2v) is 12.4. The van der Waals surface area contributed by atoms with E-state index in [0.717, 1.165) is 0 Å². The summed E-state index contributed by atoms with van der Waals surface area (Å²) in [5.41, 5.74) is -1.29. The molecule has 2 saturated heterocycles. The number of nitrogens with one attached hydrogen (secondary N) is 3. The van der Waals surface area contributed by atoms with Crippen molar-refractivity contribution in [1.82, 2.24) is 9.40 Å². The van der Waals surface area contributed by atoms with Gasteiger partial charge < -0.3 is 20.3 Å². The first-order chi connectivity index (χ1) is 19.8. The number of amides is 1. The maximum absolute atomic E-state index is 13.7. The lowest BCUT2D eigenvalue weighted by Crippen LogP contribution is -2.49. The standard InChI is InChI=1S/C26H32F4N6O5S/c27-24(28)25-5-10-34(16-17(25)15-25)21-14-18(33-42(40,41)31-8-13-37)3-4-19(21)22(38)32-20-2-1-9-36(23(20)39)35-11-6-26(29,30)7-12-35/h1-4,9,14,17,24,31,33,37H,5-8,10-13,15-16H2,(H,32,38)/t17-,25+/m1/s1. The van der Waals surface area contributed by atoms with Gasteiger partial charge in [-0.05, 0) is 49.1 Å². The number of alkyl halides is 4. The van der Waals surface area contributed by atoms with Gasteiger partial charge in [-0.15, -0.1) is 0 Å². The fraction of sp³-hybridized carbons (Fsp3) is 0.538. The lowest BCUT2D eigenvalue weighted by molar-refractivity contribution is -0.0260. The molecule has 3 fully saturated rings. The molecular formula is C26H32F4N6O5S. The zero-order valence-corrected chi connectivity index (χ0v) is 23.3. The van der Waals surface area contributed by atoms with E-state index >= 15 is 0 Å². The van der Waals surface area contributed by atoms with Crippen LogP contribution in [0.15, 0.2) is 41.3 Å². The Morgan fingerprint density at radius 3 is 2.52 bits per heavy atom. The van der Waals surface area contributed by atoms with Crippen LogP contribution >= 0.6 is 0 Å². The number of hydrogen-bond acceptors (Lipinski definition) is 7. The van der Waals surface area contributed by atoms with Crippen molar-refractivity contribution >= 4 is 33.2 Å². The lowest BCUT2D eigenvalue weighted by atomic mass is 9.95. The Labute approximate surface area is 239 Å². The second-order valence-electron chi connectivity index (χ2n) is 10.9. The highest BCUT2D eigenvalue weighted by atomic mass is 32.2. The van der Waals surface area contributed by atoms with E-state index in [1.165, 1.54) is 46.2 Å². The highest BCUT2D eigenvalue weighted by molar-refractivity contribution is 7.90. The molecule has 2 aliphatic heterocycles. The molecule has 0 radical (unpaired) electrons. The summed E-state index contributed by atoms with van der Waals surface area (Å²) >= 11 is 0. The molecule has 1 amide bonds. The van der Waals surface area contributed by atoms with Crippen LogP contribution in [0, 0.1) is 11.3 Å². The van der Waals surface area contributed by atoms with Gasteiger partial charge in [0.25, 0.3) is 27.6 Å². The summed E-state index contributed by atoms with van der Waals surface area (Å²) in [4.78, 5) is 28.4. The molecule has 1 aromatic heterocycles. The Morgan fingerprint density at radius 2 is 1.86 bits per heavy atom. The third-order valence-electron chi connectivity index (χ3n) is 8.19. The number of fused-ring (bicyclic) bond motifs is 1. The number of aliphatic hydroxyl groups excluding tert-OH is 1. The first-order valence-electron chi connectivity index (χ1n) is 13.6. The number of hydrogen-bond donors (Lipinski definition) is 4. The minimum atomic E-state index is -4.05. The molecule has 42 heavy (non-hydrogen) atoms. The number of nitrogens with zero attached hydrogens (tertiary/aromatic N) is 3. The number of pyridine rings is 1. The molecule has 0 bridgehead atoms. The summed E-state index contributed by atoms with van der Waals surface area (Å²) in [6.07, 6.45) is -1.30. The Balaban J connectivity index is 1.41. The van der Waals surface area contributed by atoms with Crippen LogP contribution in [-0.2, 0) is 10.2 Å². The normalized spacial score (nSPS) is 23.4. The SMILES string of the molecule is O=C(Nc1cccn(N2CCC(F)(F)CC2)c1=O)c1ccc(NS(=O)(=O)NCCO)cc1N1CC[C@]2(C(F)F)C[C@@H]2C1. The molecule has 0 spiro atoms. The summed E-state index contributed by atoms with van der Waals surface area (Å²) in [5, 5.41) is 13.0. The number of carbonyl (C=O) groups excluding carboxylic acids is 1. The molecule has 3 heterocycles. The minimum Gasteiger partial charge on any atom is -0.395 e. The number of piperidine rings is 2. The summed E-state index contributed by atoms with van der Waals surface area (Å²) in [6.45, 7) is -0.290. The topological polar surface area (TPSA) is 136 Å². The van der Waals surface area contributed by atoms with Crippen molar-refractivity contribution in [2.24, 2.45) is 11.3 Å². The van der Waals surface area contributed by atoms with Gasteiger partial charge in [0, 0.05) is 57.2 Å². The average Bonchev–Trinajstić information content (AvgIpc) is 3.69. The average molecular weight is 617 g/mol. The van der Waals surface area contributed by atoms with Crippen LogP contribution in [0.4, 0.5) is 34.6 Å². The Bertz CT molecular complexity index is 1500. The molecule has 230 valence electrons. The van der Waals surface area contributed by atoms with Gasteiger partial charge in [0.15, 0.2) is 0 Å². The Hall–Kier alpha value is -3.37. The predicted molar refractivity (Wildman–Crippen MR) is 148 cm³/mol. The third kappa shape index (κ3) is 6.20. The zero-order valence-electron chi connectivity index (χ0n) is 22.5. The minimum absolute atomic E-state index is 0.0464. The van der Waals surface area contributed by atoms with Crippen molar-refractivity contribution in [3.05, 3.63) is 52.4 Å². The van der Waals surface area contributed by atoms with E-state index in [0.29, 0.717) is 12.1 Å². The largest absolute Gasteiger partial charge is 0.395 e. The Kier molecular flexibility index (Phi) is 8.15. The molecule has 4 N–H and O–H groups in total. The van der Waals surface area contributed by atoms with E-state index in [9.17, 15) is 35.6 Å². The molecule has 16 heteroatoms. The van der Waals surface area contributed by atoms with Crippen LogP contribution in [0.3, 0.4) is 0 Å². The maximum Gasteiger partial charge on any atom is 0.299 e. The number of carbonyl (C=O) groups is 1. The molecule has 1 aromatic carbocycles. The summed E-state index contributed by atoms with van der Waals surface area (Å²) in [5.74, 6) is -3.78. The van der Waals surface area contributed by atoms with Gasteiger partial charge in [-0.1, -0.05) is 0 Å². The van der Waals surface area contributed by atoms with Crippen molar-refractivity contribution in [2.45, 2.75) is 38.0 Å². The summed E-state index contributed by atoms with van der Waals surface area (Å²) in [7, 11) is -4.05. The Morgan fingerprint density at radius 1 is 1.12 bits per heavy atom. The van der Waals surface area contributed by atoms with Crippen molar-refractivity contribution in [1.29, 1.82) is 0 Å².